The molecule has 0 atom stereocenters. The van der Waals surface area contributed by atoms with E-state index in [1.54, 1.807) is 6.08 Å². The minimum absolute atomic E-state index is 0.916. The summed E-state index contributed by atoms with van der Waals surface area (Å²) >= 11 is 0. The number of nitriles is 1. The fourth-order valence-electron chi connectivity index (χ4n) is 6.29. The molecule has 2 aliphatic carbocycles. The average molecular weight is 420 g/mol. The molecule has 0 unspecified atom stereocenters. The van der Waals surface area contributed by atoms with Crippen molar-refractivity contribution in [2.45, 2.75) is 110 Å². The van der Waals surface area contributed by atoms with Gasteiger partial charge in [-0.2, -0.15) is 5.26 Å². The van der Waals surface area contributed by atoms with Crippen LogP contribution in [0, 0.1) is 35.0 Å². The third-order valence-corrected chi connectivity index (χ3v) is 8.27. The molecule has 2 fully saturated rings. The molecule has 0 amide bonds. The summed E-state index contributed by atoms with van der Waals surface area (Å²) in [5, 5.41) is 8.60. The van der Waals surface area contributed by atoms with Crippen molar-refractivity contribution in [1.29, 1.82) is 5.26 Å². The number of hydrogen-bond acceptors (Lipinski definition) is 1. The number of rotatable bonds is 11. The maximum Gasteiger partial charge on any atom is 0.0908 e. The molecule has 0 saturated heterocycles. The van der Waals surface area contributed by atoms with Crippen molar-refractivity contribution in [2.75, 3.05) is 0 Å². The van der Waals surface area contributed by atoms with Gasteiger partial charge in [-0.15, -0.1) is 0 Å². The third-order valence-electron chi connectivity index (χ3n) is 8.27. The van der Waals surface area contributed by atoms with E-state index in [9.17, 15) is 0 Å². The van der Waals surface area contributed by atoms with Crippen LogP contribution in [0.15, 0.2) is 36.4 Å². The largest absolute Gasteiger partial charge is 0.193 e. The molecule has 0 spiro atoms. The molecule has 1 aromatic rings. The van der Waals surface area contributed by atoms with Crippen LogP contribution in [0.25, 0.3) is 0 Å². The molecule has 0 aromatic heterocycles. The Balaban J connectivity index is 1.25. The van der Waals surface area contributed by atoms with Gasteiger partial charge in [-0.25, -0.2) is 0 Å². The maximum atomic E-state index is 8.60. The molecule has 2 aliphatic rings. The summed E-state index contributed by atoms with van der Waals surface area (Å²) in [4.78, 5) is 0. The number of unbranched alkanes of at least 4 members (excludes halogenated alkanes) is 1. The maximum absolute atomic E-state index is 8.60. The summed E-state index contributed by atoms with van der Waals surface area (Å²) < 4.78 is 0. The highest BCUT2D eigenvalue weighted by molar-refractivity contribution is 5.22. The van der Waals surface area contributed by atoms with Gasteiger partial charge in [-0.05, 0) is 92.6 Å². The Morgan fingerprint density at radius 3 is 1.87 bits per heavy atom. The minimum atomic E-state index is 0.916. The fraction of sp³-hybridized carbons (Fsp3) is 0.700. The fourth-order valence-corrected chi connectivity index (χ4v) is 6.29. The SMILES string of the molecule is CCCc1ccc(CCCCC2CCC(C3CCC(CC/C=C/C#N)CC3)CC2)cc1. The Hall–Kier alpha value is -1.55. The summed E-state index contributed by atoms with van der Waals surface area (Å²) in [5.41, 5.74) is 3.02. The Bertz CT molecular complexity index is 663. The molecule has 170 valence electrons. The Kier molecular flexibility index (Phi) is 10.7. The van der Waals surface area contributed by atoms with Crippen LogP contribution in [-0.4, -0.2) is 0 Å². The monoisotopic (exact) mass is 419 g/mol. The zero-order valence-electron chi connectivity index (χ0n) is 20.0. The predicted octanol–water partition coefficient (Wildman–Crippen LogP) is 8.82. The normalized spacial score (nSPS) is 26.7. The van der Waals surface area contributed by atoms with Crippen molar-refractivity contribution in [1.82, 2.24) is 0 Å². The van der Waals surface area contributed by atoms with Crippen LogP contribution in [0.1, 0.15) is 108 Å². The van der Waals surface area contributed by atoms with Gasteiger partial charge in [-0.1, -0.05) is 82.2 Å². The summed E-state index contributed by atoms with van der Waals surface area (Å²) in [7, 11) is 0. The van der Waals surface area contributed by atoms with Gasteiger partial charge in [0.2, 0.25) is 0 Å². The molecule has 3 rings (SSSR count). The number of allylic oxidation sites excluding steroid dienone is 2. The second-order valence-electron chi connectivity index (χ2n) is 10.5. The first-order valence-electron chi connectivity index (χ1n) is 13.4. The van der Waals surface area contributed by atoms with Gasteiger partial charge in [-0.3, -0.25) is 0 Å². The van der Waals surface area contributed by atoms with Gasteiger partial charge in [0.15, 0.2) is 0 Å². The van der Waals surface area contributed by atoms with E-state index >= 15 is 0 Å². The molecule has 1 heteroatoms. The topological polar surface area (TPSA) is 23.8 Å². The van der Waals surface area contributed by atoms with Crippen molar-refractivity contribution in [3.63, 3.8) is 0 Å². The molecular weight excluding hydrogens is 374 g/mol. The van der Waals surface area contributed by atoms with E-state index in [0.29, 0.717) is 0 Å². The van der Waals surface area contributed by atoms with E-state index in [1.807, 2.05) is 0 Å². The highest BCUT2D eigenvalue weighted by atomic mass is 14.4. The predicted molar refractivity (Wildman–Crippen MR) is 133 cm³/mol. The van der Waals surface area contributed by atoms with Gasteiger partial charge in [0.1, 0.15) is 0 Å². The van der Waals surface area contributed by atoms with E-state index in [4.69, 9.17) is 5.26 Å². The van der Waals surface area contributed by atoms with Crippen LogP contribution in [0.3, 0.4) is 0 Å². The van der Waals surface area contributed by atoms with Crippen LogP contribution in [0.4, 0.5) is 0 Å². The Labute approximate surface area is 192 Å². The number of benzene rings is 1. The number of hydrogen-bond donors (Lipinski definition) is 0. The molecule has 0 N–H and O–H groups in total. The first-order chi connectivity index (χ1) is 15.3. The van der Waals surface area contributed by atoms with Crippen molar-refractivity contribution in [2.24, 2.45) is 23.7 Å². The van der Waals surface area contributed by atoms with E-state index in [-0.39, 0.29) is 0 Å². The highest BCUT2D eigenvalue weighted by Gasteiger charge is 2.30. The lowest BCUT2D eigenvalue weighted by atomic mass is 9.68. The zero-order valence-corrected chi connectivity index (χ0v) is 20.0. The van der Waals surface area contributed by atoms with Crippen LogP contribution in [0.5, 0.6) is 0 Å². The molecule has 0 heterocycles. The standard InChI is InChI=1S/C30H45N/c1-2-8-25-12-14-26(15-13-25)10-5-6-11-28-18-22-30(23-19-28)29-20-16-27(17-21-29)9-4-3-7-24-31/h3,7,12-15,27-30H,2,4-6,8-11,16-23H2,1H3/b7-3+. The van der Waals surface area contributed by atoms with E-state index in [2.05, 4.69) is 43.3 Å². The van der Waals surface area contributed by atoms with Crippen LogP contribution >= 0.6 is 0 Å². The van der Waals surface area contributed by atoms with Crippen molar-refractivity contribution < 1.29 is 0 Å². The van der Waals surface area contributed by atoms with Gasteiger partial charge >= 0.3 is 0 Å². The molecule has 2 saturated carbocycles. The summed E-state index contributed by atoms with van der Waals surface area (Å²) in [6, 6.07) is 11.5. The summed E-state index contributed by atoms with van der Waals surface area (Å²) in [6.07, 6.45) is 25.9. The Morgan fingerprint density at radius 2 is 1.32 bits per heavy atom. The zero-order chi connectivity index (χ0) is 21.7. The van der Waals surface area contributed by atoms with Crippen LogP contribution in [0.2, 0.25) is 0 Å². The van der Waals surface area contributed by atoms with Crippen molar-refractivity contribution in [3.05, 3.63) is 47.5 Å². The lowest BCUT2D eigenvalue weighted by molar-refractivity contribution is 0.140. The highest BCUT2D eigenvalue weighted by Crippen LogP contribution is 2.43. The second kappa shape index (κ2) is 13.8. The molecule has 0 bridgehead atoms. The molecule has 1 aromatic carbocycles. The van der Waals surface area contributed by atoms with Crippen LogP contribution in [-0.2, 0) is 12.8 Å². The summed E-state index contributed by atoms with van der Waals surface area (Å²) in [6.45, 7) is 2.26. The van der Waals surface area contributed by atoms with Gasteiger partial charge in [0.05, 0.1) is 6.07 Å². The smallest absolute Gasteiger partial charge is 0.0908 e. The van der Waals surface area contributed by atoms with Gasteiger partial charge in [0.25, 0.3) is 0 Å². The number of aryl methyl sites for hydroxylation is 2. The van der Waals surface area contributed by atoms with Crippen LogP contribution < -0.4 is 0 Å². The lowest BCUT2D eigenvalue weighted by Crippen LogP contribution is -2.25. The van der Waals surface area contributed by atoms with E-state index in [1.165, 1.54) is 107 Å². The molecule has 1 nitrogen and oxygen atoms in total. The molecule has 31 heavy (non-hydrogen) atoms. The second-order valence-corrected chi connectivity index (χ2v) is 10.5. The van der Waals surface area contributed by atoms with Crippen molar-refractivity contribution in [3.8, 4) is 6.07 Å². The third kappa shape index (κ3) is 8.48. The quantitative estimate of drug-likeness (QED) is 0.259. The van der Waals surface area contributed by atoms with Gasteiger partial charge in [0, 0.05) is 6.08 Å². The van der Waals surface area contributed by atoms with Crippen molar-refractivity contribution >= 4 is 0 Å². The summed E-state index contributed by atoms with van der Waals surface area (Å²) in [5.74, 6) is 3.96. The first kappa shape index (κ1) is 24.1. The number of nitrogens with zero attached hydrogens (tertiary/aromatic N) is 1. The van der Waals surface area contributed by atoms with E-state index in [0.717, 1.165) is 30.1 Å². The molecule has 0 radical (unpaired) electrons. The lowest BCUT2D eigenvalue weighted by Gasteiger charge is -2.38. The molecule has 0 aliphatic heterocycles. The Morgan fingerprint density at radius 1 is 0.774 bits per heavy atom. The average Bonchev–Trinajstić information content (AvgIpc) is 2.82. The molecular formula is C30H45N. The first-order valence-corrected chi connectivity index (χ1v) is 13.4. The van der Waals surface area contributed by atoms with Gasteiger partial charge < -0.3 is 0 Å². The minimum Gasteiger partial charge on any atom is -0.193 e. The van der Waals surface area contributed by atoms with E-state index < -0.39 is 0 Å².